The zero-order chi connectivity index (χ0) is 18.9. The third-order valence-corrected chi connectivity index (χ3v) is 4.93. The van der Waals surface area contributed by atoms with Crippen molar-refractivity contribution in [3.05, 3.63) is 64.1 Å². The molecule has 0 fully saturated rings. The molecule has 0 atom stereocenters. The van der Waals surface area contributed by atoms with E-state index in [1.807, 2.05) is 0 Å². The quantitative estimate of drug-likeness (QED) is 0.598. The summed E-state index contributed by atoms with van der Waals surface area (Å²) in [5.74, 6) is -1.91. The number of anilines is 1. The van der Waals surface area contributed by atoms with E-state index in [1.165, 1.54) is 18.2 Å². The molecule has 0 radical (unpaired) electrons. The van der Waals surface area contributed by atoms with E-state index < -0.39 is 27.4 Å². The summed E-state index contributed by atoms with van der Waals surface area (Å²) in [6, 6.07) is 12.9. The number of nitrogens with two attached hydrogens (primary N) is 1. The van der Waals surface area contributed by atoms with Crippen LogP contribution in [0.5, 0.6) is 11.5 Å². The molecule has 0 unspecified atom stereocenters. The van der Waals surface area contributed by atoms with Crippen LogP contribution < -0.4 is 9.92 Å². The highest BCUT2D eigenvalue weighted by atomic mass is 35.5. The van der Waals surface area contributed by atoms with Crippen LogP contribution in [0, 0.1) is 0 Å². The fourth-order valence-electron chi connectivity index (χ4n) is 2.32. The standard InChI is InChI=1S/C17H13Cl2NO5S/c18-12-6-11(7-13(19)8-12)15-14(21)16(17(20)24-15)25-26(22,23)9-10-4-2-1-3-5-10/h1-8,21H,9,20H2. The molecule has 6 nitrogen and oxygen atoms in total. The Labute approximate surface area is 159 Å². The minimum absolute atomic E-state index is 0.100. The van der Waals surface area contributed by atoms with Gasteiger partial charge in [-0.2, -0.15) is 8.42 Å². The first-order chi connectivity index (χ1) is 12.2. The molecule has 0 bridgehead atoms. The Morgan fingerprint density at radius 2 is 1.69 bits per heavy atom. The smallest absolute Gasteiger partial charge is 0.313 e. The lowest BCUT2D eigenvalue weighted by Crippen LogP contribution is -2.12. The van der Waals surface area contributed by atoms with Gasteiger partial charge in [-0.25, -0.2) is 0 Å². The van der Waals surface area contributed by atoms with E-state index in [0.29, 0.717) is 21.2 Å². The van der Waals surface area contributed by atoms with E-state index in [4.69, 9.17) is 37.5 Å². The molecule has 3 N–H and O–H groups in total. The molecule has 0 aliphatic carbocycles. The normalized spacial score (nSPS) is 11.5. The predicted molar refractivity (Wildman–Crippen MR) is 99.9 cm³/mol. The van der Waals surface area contributed by atoms with Crippen molar-refractivity contribution in [1.82, 2.24) is 0 Å². The third-order valence-electron chi connectivity index (χ3n) is 3.39. The van der Waals surface area contributed by atoms with E-state index >= 15 is 0 Å². The van der Waals surface area contributed by atoms with Crippen LogP contribution >= 0.6 is 23.2 Å². The first-order valence-electron chi connectivity index (χ1n) is 7.29. The lowest BCUT2D eigenvalue weighted by atomic mass is 10.1. The second kappa shape index (κ2) is 7.11. The number of hydrogen-bond donors (Lipinski definition) is 2. The van der Waals surface area contributed by atoms with Crippen molar-refractivity contribution >= 4 is 39.2 Å². The molecule has 3 rings (SSSR count). The average Bonchev–Trinajstić information content (AvgIpc) is 2.82. The maximum atomic E-state index is 12.3. The van der Waals surface area contributed by atoms with Crippen molar-refractivity contribution in [2.24, 2.45) is 0 Å². The molecule has 0 aliphatic heterocycles. The van der Waals surface area contributed by atoms with Gasteiger partial charge in [-0.3, -0.25) is 0 Å². The summed E-state index contributed by atoms with van der Waals surface area (Å²) in [6.45, 7) is 0. The highest BCUT2D eigenvalue weighted by molar-refractivity contribution is 7.86. The Balaban J connectivity index is 1.93. The van der Waals surface area contributed by atoms with Crippen LogP contribution in [-0.2, 0) is 15.9 Å². The van der Waals surface area contributed by atoms with Gasteiger partial charge < -0.3 is 19.4 Å². The zero-order valence-electron chi connectivity index (χ0n) is 13.1. The van der Waals surface area contributed by atoms with Gasteiger partial charge >= 0.3 is 10.1 Å². The summed E-state index contributed by atoms with van der Waals surface area (Å²) < 4.78 is 34.7. The zero-order valence-corrected chi connectivity index (χ0v) is 15.5. The number of hydrogen-bond acceptors (Lipinski definition) is 6. The van der Waals surface area contributed by atoms with Crippen LogP contribution in [0.2, 0.25) is 10.0 Å². The highest BCUT2D eigenvalue weighted by Crippen LogP contribution is 2.46. The second-order valence-electron chi connectivity index (χ2n) is 5.40. The Morgan fingerprint density at radius 1 is 1.08 bits per heavy atom. The summed E-state index contributed by atoms with van der Waals surface area (Å²) in [4.78, 5) is 0. The second-order valence-corrected chi connectivity index (χ2v) is 7.85. The van der Waals surface area contributed by atoms with Gasteiger partial charge in [0.15, 0.2) is 5.76 Å². The molecule has 3 aromatic rings. The fourth-order valence-corrected chi connectivity index (χ4v) is 3.92. The van der Waals surface area contributed by atoms with Gasteiger partial charge in [0.2, 0.25) is 17.4 Å². The molecule has 136 valence electrons. The van der Waals surface area contributed by atoms with Gasteiger partial charge in [0.25, 0.3) is 0 Å². The minimum atomic E-state index is -4.07. The van der Waals surface area contributed by atoms with E-state index in [2.05, 4.69) is 0 Å². The molecule has 2 aromatic carbocycles. The fraction of sp³-hybridized carbons (Fsp3) is 0.0588. The van der Waals surface area contributed by atoms with Crippen LogP contribution in [-0.4, -0.2) is 13.5 Å². The maximum absolute atomic E-state index is 12.3. The maximum Gasteiger partial charge on any atom is 0.313 e. The molecular formula is C17H13Cl2NO5S. The Bertz CT molecular complexity index is 1030. The van der Waals surface area contributed by atoms with Gasteiger partial charge in [-0.15, -0.1) is 0 Å². The van der Waals surface area contributed by atoms with Gasteiger partial charge in [0, 0.05) is 15.6 Å². The third kappa shape index (κ3) is 4.07. The van der Waals surface area contributed by atoms with Crippen LogP contribution in [0.15, 0.2) is 52.9 Å². The molecule has 0 spiro atoms. The van der Waals surface area contributed by atoms with Crippen LogP contribution in [0.1, 0.15) is 5.56 Å². The van der Waals surface area contributed by atoms with E-state index in [1.54, 1.807) is 30.3 Å². The Kier molecular flexibility index (Phi) is 5.04. The van der Waals surface area contributed by atoms with Gasteiger partial charge in [-0.1, -0.05) is 53.5 Å². The molecule has 0 aliphatic rings. The number of halogens is 2. The van der Waals surface area contributed by atoms with E-state index in [9.17, 15) is 13.5 Å². The van der Waals surface area contributed by atoms with E-state index in [0.717, 1.165) is 0 Å². The number of furan rings is 1. The molecule has 9 heteroatoms. The number of rotatable bonds is 5. The van der Waals surface area contributed by atoms with Gasteiger partial charge in [0.05, 0.1) is 0 Å². The first kappa shape index (κ1) is 18.4. The van der Waals surface area contributed by atoms with Crippen molar-refractivity contribution in [2.45, 2.75) is 5.75 Å². The molecule has 0 amide bonds. The Hall–Kier alpha value is -2.35. The number of nitrogen functional groups attached to an aromatic ring is 1. The molecule has 1 aromatic heterocycles. The average molecular weight is 414 g/mol. The van der Waals surface area contributed by atoms with Crippen molar-refractivity contribution in [2.75, 3.05) is 5.73 Å². The van der Waals surface area contributed by atoms with Crippen LogP contribution in [0.3, 0.4) is 0 Å². The summed E-state index contributed by atoms with van der Waals surface area (Å²) >= 11 is 11.9. The predicted octanol–water partition coefficient (Wildman–Crippen LogP) is 4.45. The van der Waals surface area contributed by atoms with Crippen molar-refractivity contribution < 1.29 is 22.1 Å². The summed E-state index contributed by atoms with van der Waals surface area (Å²) in [6.07, 6.45) is 0. The summed E-state index contributed by atoms with van der Waals surface area (Å²) in [7, 11) is -4.07. The van der Waals surface area contributed by atoms with Crippen LogP contribution in [0.4, 0.5) is 5.88 Å². The van der Waals surface area contributed by atoms with Crippen molar-refractivity contribution in [1.29, 1.82) is 0 Å². The Morgan fingerprint density at radius 3 is 2.31 bits per heavy atom. The van der Waals surface area contributed by atoms with E-state index in [-0.39, 0.29) is 11.6 Å². The molecule has 1 heterocycles. The topological polar surface area (TPSA) is 103 Å². The van der Waals surface area contributed by atoms with Gasteiger partial charge in [-0.05, 0) is 23.8 Å². The molecule has 26 heavy (non-hydrogen) atoms. The monoisotopic (exact) mass is 413 g/mol. The van der Waals surface area contributed by atoms with Crippen LogP contribution in [0.25, 0.3) is 11.3 Å². The SMILES string of the molecule is Nc1oc(-c2cc(Cl)cc(Cl)c2)c(O)c1OS(=O)(=O)Cc1ccccc1. The largest absolute Gasteiger partial charge is 0.501 e. The highest BCUT2D eigenvalue weighted by Gasteiger charge is 2.26. The summed E-state index contributed by atoms with van der Waals surface area (Å²) in [5.41, 5.74) is 6.52. The summed E-state index contributed by atoms with van der Waals surface area (Å²) in [5, 5.41) is 10.9. The molecule has 0 saturated carbocycles. The molecule has 0 saturated heterocycles. The first-order valence-corrected chi connectivity index (χ1v) is 9.62. The number of benzene rings is 2. The minimum Gasteiger partial charge on any atom is -0.501 e. The number of aromatic hydroxyl groups is 1. The van der Waals surface area contributed by atoms with Crippen molar-refractivity contribution in [3.63, 3.8) is 0 Å². The van der Waals surface area contributed by atoms with Gasteiger partial charge in [0.1, 0.15) is 5.75 Å². The lowest BCUT2D eigenvalue weighted by Gasteiger charge is -2.06. The lowest BCUT2D eigenvalue weighted by molar-refractivity contribution is 0.432. The van der Waals surface area contributed by atoms with Crippen molar-refractivity contribution in [3.8, 4) is 22.8 Å². The molecular weight excluding hydrogens is 401 g/mol.